The van der Waals surface area contributed by atoms with E-state index < -0.39 is 15.6 Å². The van der Waals surface area contributed by atoms with Crippen molar-refractivity contribution in [2.75, 3.05) is 11.8 Å². The van der Waals surface area contributed by atoms with Crippen LogP contribution in [0, 0.1) is 0 Å². The topological polar surface area (TPSA) is 46.2 Å². The number of benzene rings is 1. The molecule has 1 N–H and O–H groups in total. The number of hydrogen-bond acceptors (Lipinski definition) is 2. The summed E-state index contributed by atoms with van der Waals surface area (Å²) in [5, 5.41) is 0.159. The average molecular weight is 317 g/mol. The van der Waals surface area contributed by atoms with Gasteiger partial charge in [-0.15, -0.1) is 23.2 Å². The zero-order valence-electron chi connectivity index (χ0n) is 9.08. The molecule has 3 nitrogen and oxygen atoms in total. The van der Waals surface area contributed by atoms with Crippen LogP contribution in [0.5, 0.6) is 0 Å². The number of sulfonamides is 1. The van der Waals surface area contributed by atoms with Gasteiger partial charge in [0, 0.05) is 11.8 Å². The molecule has 7 heteroatoms. The average Bonchev–Trinajstić information content (AvgIpc) is 2.28. The Morgan fingerprint density at radius 2 is 1.76 bits per heavy atom. The summed E-state index contributed by atoms with van der Waals surface area (Å²) in [5.41, 5.74) is -0.902. The Bertz CT molecular complexity index is 486. The molecule has 96 valence electrons. The second-order valence-electron chi connectivity index (χ2n) is 3.86. The standard InChI is InChI=1S/C10H12Cl3NO2S/c1-10(6-11,7-12)14-17(15,16)9-5-3-2-4-8(9)13/h2-5,14H,6-7H2,1H3. The van der Waals surface area contributed by atoms with Gasteiger partial charge in [0.05, 0.1) is 10.6 Å². The van der Waals surface area contributed by atoms with Crippen LogP contribution in [0.1, 0.15) is 6.92 Å². The van der Waals surface area contributed by atoms with Gasteiger partial charge in [0.1, 0.15) is 4.90 Å². The Morgan fingerprint density at radius 1 is 1.24 bits per heavy atom. The first-order valence-corrected chi connectivity index (χ1v) is 7.68. The van der Waals surface area contributed by atoms with Crippen molar-refractivity contribution in [1.82, 2.24) is 4.72 Å². The molecule has 1 aromatic rings. The predicted octanol–water partition coefficient (Wildman–Crippen LogP) is 2.85. The highest BCUT2D eigenvalue weighted by molar-refractivity contribution is 7.89. The number of alkyl halides is 2. The molecule has 1 rings (SSSR count). The van der Waals surface area contributed by atoms with Crippen molar-refractivity contribution in [2.24, 2.45) is 0 Å². The molecule has 0 spiro atoms. The lowest BCUT2D eigenvalue weighted by Crippen LogP contribution is -2.49. The fraction of sp³-hybridized carbons (Fsp3) is 0.400. The molecule has 0 aliphatic rings. The number of hydrogen-bond donors (Lipinski definition) is 1. The van der Waals surface area contributed by atoms with Crippen molar-refractivity contribution in [2.45, 2.75) is 17.4 Å². The molecule has 0 radical (unpaired) electrons. The van der Waals surface area contributed by atoms with E-state index in [-0.39, 0.29) is 21.7 Å². The summed E-state index contributed by atoms with van der Waals surface area (Å²) >= 11 is 17.2. The zero-order chi connectivity index (χ0) is 13.1. The summed E-state index contributed by atoms with van der Waals surface area (Å²) in [5.74, 6) is 0.139. The van der Waals surface area contributed by atoms with Crippen molar-refractivity contribution in [3.8, 4) is 0 Å². The highest BCUT2D eigenvalue weighted by atomic mass is 35.5. The van der Waals surface area contributed by atoms with Gasteiger partial charge in [-0.2, -0.15) is 0 Å². The van der Waals surface area contributed by atoms with Crippen molar-refractivity contribution < 1.29 is 8.42 Å². The Morgan fingerprint density at radius 3 is 2.24 bits per heavy atom. The van der Waals surface area contributed by atoms with Gasteiger partial charge >= 0.3 is 0 Å². The largest absolute Gasteiger partial charge is 0.242 e. The summed E-state index contributed by atoms with van der Waals surface area (Å²) in [6.07, 6.45) is 0. The SMILES string of the molecule is CC(CCl)(CCl)NS(=O)(=O)c1ccccc1Cl. The predicted molar refractivity (Wildman–Crippen MR) is 71.6 cm³/mol. The highest BCUT2D eigenvalue weighted by Crippen LogP contribution is 2.22. The molecule has 0 aliphatic heterocycles. The van der Waals surface area contributed by atoms with Gasteiger partial charge in [-0.05, 0) is 19.1 Å². The van der Waals surface area contributed by atoms with Crippen LogP contribution < -0.4 is 4.72 Å². The van der Waals surface area contributed by atoms with Crippen LogP contribution in [0.25, 0.3) is 0 Å². The number of rotatable bonds is 5. The van der Waals surface area contributed by atoms with Crippen LogP contribution >= 0.6 is 34.8 Å². The van der Waals surface area contributed by atoms with E-state index in [4.69, 9.17) is 34.8 Å². The molecule has 0 aliphatic carbocycles. The third-order valence-electron chi connectivity index (χ3n) is 2.10. The van der Waals surface area contributed by atoms with E-state index in [1.807, 2.05) is 0 Å². The fourth-order valence-corrected chi connectivity index (χ4v) is 3.64. The van der Waals surface area contributed by atoms with E-state index in [0.29, 0.717) is 0 Å². The molecule has 0 aromatic heterocycles. The first kappa shape index (κ1) is 15.1. The van der Waals surface area contributed by atoms with Crippen LogP contribution in [0.3, 0.4) is 0 Å². The second kappa shape index (κ2) is 5.76. The molecular formula is C10H12Cl3NO2S. The van der Waals surface area contributed by atoms with Crippen molar-refractivity contribution in [3.63, 3.8) is 0 Å². The van der Waals surface area contributed by atoms with E-state index in [2.05, 4.69) is 4.72 Å². The first-order valence-electron chi connectivity index (χ1n) is 4.75. The van der Waals surface area contributed by atoms with E-state index in [9.17, 15) is 8.42 Å². The quantitative estimate of drug-likeness (QED) is 0.849. The summed E-state index contributed by atoms with van der Waals surface area (Å²) in [6.45, 7) is 1.63. The molecule has 0 atom stereocenters. The zero-order valence-corrected chi connectivity index (χ0v) is 12.2. The summed E-state index contributed by atoms with van der Waals surface area (Å²) in [7, 11) is -3.72. The maximum atomic E-state index is 12.1. The third kappa shape index (κ3) is 3.73. The minimum atomic E-state index is -3.72. The van der Waals surface area contributed by atoms with Crippen molar-refractivity contribution >= 4 is 44.8 Å². The molecule has 0 heterocycles. The van der Waals surface area contributed by atoms with Crippen LogP contribution in [-0.4, -0.2) is 25.7 Å². The summed E-state index contributed by atoms with van der Waals surface area (Å²) < 4.78 is 26.6. The lowest BCUT2D eigenvalue weighted by molar-refractivity contribution is 0.500. The molecule has 0 saturated carbocycles. The van der Waals surface area contributed by atoms with Crippen LogP contribution in [0.15, 0.2) is 29.2 Å². The van der Waals surface area contributed by atoms with Crippen LogP contribution in [-0.2, 0) is 10.0 Å². The van der Waals surface area contributed by atoms with Crippen molar-refractivity contribution in [1.29, 1.82) is 0 Å². The van der Waals surface area contributed by atoms with Crippen molar-refractivity contribution in [3.05, 3.63) is 29.3 Å². The smallest absolute Gasteiger partial charge is 0.207 e. The lowest BCUT2D eigenvalue weighted by atomic mass is 10.1. The first-order chi connectivity index (χ1) is 7.84. The van der Waals surface area contributed by atoms with Gasteiger partial charge in [0.15, 0.2) is 0 Å². The third-order valence-corrected chi connectivity index (χ3v) is 5.41. The second-order valence-corrected chi connectivity index (χ2v) is 6.46. The van der Waals surface area contributed by atoms with Gasteiger partial charge in [-0.1, -0.05) is 23.7 Å². The normalized spacial score (nSPS) is 12.7. The summed E-state index contributed by atoms with van der Waals surface area (Å²) in [6, 6.07) is 6.19. The van der Waals surface area contributed by atoms with E-state index in [1.54, 1.807) is 19.1 Å². The monoisotopic (exact) mass is 315 g/mol. The molecular weight excluding hydrogens is 305 g/mol. The molecule has 0 saturated heterocycles. The fourth-order valence-electron chi connectivity index (χ4n) is 1.13. The molecule has 0 bridgehead atoms. The minimum absolute atomic E-state index is 0.0168. The highest BCUT2D eigenvalue weighted by Gasteiger charge is 2.30. The molecule has 0 unspecified atom stereocenters. The number of nitrogens with one attached hydrogen (secondary N) is 1. The van der Waals surface area contributed by atoms with E-state index >= 15 is 0 Å². The number of halogens is 3. The lowest BCUT2D eigenvalue weighted by Gasteiger charge is -2.25. The molecule has 17 heavy (non-hydrogen) atoms. The maximum absolute atomic E-state index is 12.1. The van der Waals surface area contributed by atoms with Gasteiger partial charge in [0.25, 0.3) is 0 Å². The molecule has 1 aromatic carbocycles. The Labute approximate surface area is 116 Å². The Balaban J connectivity index is 3.10. The van der Waals surface area contributed by atoms with Gasteiger partial charge < -0.3 is 0 Å². The van der Waals surface area contributed by atoms with E-state index in [1.165, 1.54) is 12.1 Å². The van der Waals surface area contributed by atoms with Gasteiger partial charge in [-0.25, -0.2) is 13.1 Å². The Hall–Kier alpha value is -0.000000000000000111. The van der Waals surface area contributed by atoms with Crippen LogP contribution in [0.2, 0.25) is 5.02 Å². The van der Waals surface area contributed by atoms with Gasteiger partial charge in [0.2, 0.25) is 10.0 Å². The minimum Gasteiger partial charge on any atom is -0.207 e. The van der Waals surface area contributed by atoms with E-state index in [0.717, 1.165) is 0 Å². The Kier molecular flexibility index (Phi) is 5.10. The molecule has 0 amide bonds. The van der Waals surface area contributed by atoms with Gasteiger partial charge in [-0.3, -0.25) is 0 Å². The molecule has 0 fully saturated rings. The van der Waals surface area contributed by atoms with Crippen LogP contribution in [0.4, 0.5) is 0 Å². The summed E-state index contributed by atoms with van der Waals surface area (Å²) in [4.78, 5) is 0.0168. The maximum Gasteiger partial charge on any atom is 0.242 e.